The summed E-state index contributed by atoms with van der Waals surface area (Å²) in [6.45, 7) is 0. The zero-order valence-electron chi connectivity index (χ0n) is 13.4. The highest BCUT2D eigenvalue weighted by molar-refractivity contribution is 7.89. The third-order valence-electron chi connectivity index (χ3n) is 3.64. The second kappa shape index (κ2) is 7.08. The summed E-state index contributed by atoms with van der Waals surface area (Å²) in [7, 11) is -4.50. The molecular formula is C20H13F2NO2S. The molecule has 0 aliphatic rings. The fourth-order valence-corrected chi connectivity index (χ4v) is 3.15. The van der Waals surface area contributed by atoms with Crippen LogP contribution in [0.25, 0.3) is 11.1 Å². The van der Waals surface area contributed by atoms with Crippen molar-refractivity contribution in [1.82, 2.24) is 0 Å². The van der Waals surface area contributed by atoms with Gasteiger partial charge in [-0.2, -0.15) is 0 Å². The zero-order valence-corrected chi connectivity index (χ0v) is 14.2. The lowest BCUT2D eigenvalue weighted by Crippen LogP contribution is -2.16. The molecule has 3 aromatic rings. The van der Waals surface area contributed by atoms with E-state index < -0.39 is 26.6 Å². The van der Waals surface area contributed by atoms with Crippen LogP contribution in [0.3, 0.4) is 0 Å². The second-order valence-electron chi connectivity index (χ2n) is 5.48. The van der Waals surface area contributed by atoms with Gasteiger partial charge in [-0.3, -0.25) is 0 Å². The Morgan fingerprint density at radius 2 is 1.38 bits per heavy atom. The van der Waals surface area contributed by atoms with Crippen molar-refractivity contribution in [2.24, 2.45) is 5.14 Å². The SMILES string of the molecule is NS(=O)(=O)c1c(F)cc(-c2ccccc2C#Cc2ccccc2)cc1F. The van der Waals surface area contributed by atoms with Crippen LogP contribution in [0.15, 0.2) is 71.6 Å². The molecule has 0 atom stereocenters. The number of sulfonamides is 1. The van der Waals surface area contributed by atoms with E-state index in [2.05, 4.69) is 11.8 Å². The average Bonchev–Trinajstić information content (AvgIpc) is 2.59. The molecule has 0 aliphatic carbocycles. The van der Waals surface area contributed by atoms with Crippen LogP contribution in [0.5, 0.6) is 0 Å². The van der Waals surface area contributed by atoms with Gasteiger partial charge in [-0.25, -0.2) is 22.3 Å². The quantitative estimate of drug-likeness (QED) is 0.701. The van der Waals surface area contributed by atoms with Gasteiger partial charge in [0, 0.05) is 11.1 Å². The van der Waals surface area contributed by atoms with E-state index >= 15 is 0 Å². The molecule has 0 aliphatic heterocycles. The lowest BCUT2D eigenvalue weighted by Gasteiger charge is -2.08. The van der Waals surface area contributed by atoms with Crippen molar-refractivity contribution in [3.63, 3.8) is 0 Å². The van der Waals surface area contributed by atoms with Crippen LogP contribution in [0, 0.1) is 23.5 Å². The van der Waals surface area contributed by atoms with E-state index in [4.69, 9.17) is 5.14 Å². The second-order valence-corrected chi connectivity index (χ2v) is 6.97. The topological polar surface area (TPSA) is 60.2 Å². The Hall–Kier alpha value is -3.01. The minimum atomic E-state index is -4.50. The first-order valence-corrected chi connectivity index (χ1v) is 9.09. The first-order chi connectivity index (χ1) is 12.4. The standard InChI is InChI=1S/C20H13F2NO2S/c21-18-12-16(13-19(22)20(18)26(23,24)25)17-9-5-4-8-15(17)11-10-14-6-2-1-3-7-14/h1-9,12-13H,(H2,23,24,25). The van der Waals surface area contributed by atoms with Gasteiger partial charge in [0.1, 0.15) is 11.6 Å². The number of hydrogen-bond donors (Lipinski definition) is 1. The highest BCUT2D eigenvalue weighted by Crippen LogP contribution is 2.28. The normalized spacial score (nSPS) is 10.9. The van der Waals surface area contributed by atoms with Crippen molar-refractivity contribution in [3.8, 4) is 23.0 Å². The molecule has 0 amide bonds. The lowest BCUT2D eigenvalue weighted by molar-refractivity contribution is 0.520. The highest BCUT2D eigenvalue weighted by atomic mass is 32.2. The van der Waals surface area contributed by atoms with Gasteiger partial charge in [-0.1, -0.05) is 48.2 Å². The number of hydrogen-bond acceptors (Lipinski definition) is 2. The Balaban J connectivity index is 2.11. The summed E-state index contributed by atoms with van der Waals surface area (Å²) in [4.78, 5) is -1.14. The summed E-state index contributed by atoms with van der Waals surface area (Å²) in [6.07, 6.45) is 0. The minimum absolute atomic E-state index is 0.172. The predicted octanol–water partition coefficient (Wildman–Crippen LogP) is 3.68. The molecule has 6 heteroatoms. The molecule has 3 nitrogen and oxygen atoms in total. The number of primary sulfonamides is 1. The molecule has 3 aromatic carbocycles. The van der Waals surface area contributed by atoms with E-state index in [0.717, 1.165) is 17.7 Å². The van der Waals surface area contributed by atoms with Crippen LogP contribution in [-0.2, 0) is 10.0 Å². The van der Waals surface area contributed by atoms with Crippen LogP contribution in [0.1, 0.15) is 11.1 Å². The fraction of sp³-hybridized carbons (Fsp3) is 0. The van der Waals surface area contributed by atoms with Gasteiger partial charge in [0.25, 0.3) is 0 Å². The Morgan fingerprint density at radius 1 is 0.808 bits per heavy atom. The molecule has 26 heavy (non-hydrogen) atoms. The number of nitrogens with two attached hydrogens (primary N) is 1. The minimum Gasteiger partial charge on any atom is -0.224 e. The largest absolute Gasteiger partial charge is 0.243 e. The summed E-state index contributed by atoms with van der Waals surface area (Å²) in [6, 6.07) is 18.0. The molecule has 0 saturated heterocycles. The number of rotatable bonds is 2. The molecular weight excluding hydrogens is 356 g/mol. The lowest BCUT2D eigenvalue weighted by atomic mass is 9.99. The van der Waals surface area contributed by atoms with E-state index in [0.29, 0.717) is 11.1 Å². The smallest absolute Gasteiger partial charge is 0.224 e. The zero-order chi connectivity index (χ0) is 18.7. The van der Waals surface area contributed by atoms with Crippen molar-refractivity contribution in [2.75, 3.05) is 0 Å². The third-order valence-corrected chi connectivity index (χ3v) is 4.60. The monoisotopic (exact) mass is 369 g/mol. The number of benzene rings is 3. The molecule has 0 radical (unpaired) electrons. The molecule has 0 bridgehead atoms. The Kier molecular flexibility index (Phi) is 4.85. The summed E-state index contributed by atoms with van der Waals surface area (Å²) in [5, 5.41) is 4.86. The van der Waals surface area contributed by atoms with Gasteiger partial charge in [-0.05, 0) is 41.5 Å². The summed E-state index contributed by atoms with van der Waals surface area (Å²) < 4.78 is 50.9. The van der Waals surface area contributed by atoms with E-state index in [1.165, 1.54) is 0 Å². The summed E-state index contributed by atoms with van der Waals surface area (Å²) in [5.74, 6) is 3.47. The molecule has 0 saturated carbocycles. The molecule has 130 valence electrons. The molecule has 0 heterocycles. The third kappa shape index (κ3) is 3.80. The summed E-state index contributed by atoms with van der Waals surface area (Å²) in [5.41, 5.74) is 2.00. The van der Waals surface area contributed by atoms with Crippen molar-refractivity contribution in [3.05, 3.63) is 89.5 Å². The van der Waals surface area contributed by atoms with E-state index in [1.807, 2.05) is 30.3 Å². The Labute approximate surface area is 150 Å². The molecule has 0 spiro atoms. The first-order valence-electron chi connectivity index (χ1n) is 7.54. The number of halogens is 2. The van der Waals surface area contributed by atoms with Gasteiger partial charge in [-0.15, -0.1) is 0 Å². The van der Waals surface area contributed by atoms with E-state index in [-0.39, 0.29) is 5.56 Å². The van der Waals surface area contributed by atoms with E-state index in [1.54, 1.807) is 24.3 Å². The maximum absolute atomic E-state index is 14.1. The maximum Gasteiger partial charge on any atom is 0.243 e. The molecule has 3 rings (SSSR count). The van der Waals surface area contributed by atoms with E-state index in [9.17, 15) is 17.2 Å². The average molecular weight is 369 g/mol. The van der Waals surface area contributed by atoms with Gasteiger partial charge >= 0.3 is 0 Å². The highest BCUT2D eigenvalue weighted by Gasteiger charge is 2.22. The molecule has 0 fully saturated rings. The van der Waals surface area contributed by atoms with Crippen molar-refractivity contribution in [1.29, 1.82) is 0 Å². The van der Waals surface area contributed by atoms with Crippen LogP contribution in [-0.4, -0.2) is 8.42 Å². The van der Waals surface area contributed by atoms with Crippen molar-refractivity contribution in [2.45, 2.75) is 4.90 Å². The Bertz CT molecular complexity index is 1110. The van der Waals surface area contributed by atoms with Crippen LogP contribution in [0.4, 0.5) is 8.78 Å². The summed E-state index contributed by atoms with van der Waals surface area (Å²) >= 11 is 0. The van der Waals surface area contributed by atoms with Crippen molar-refractivity contribution < 1.29 is 17.2 Å². The predicted molar refractivity (Wildman–Crippen MR) is 95.6 cm³/mol. The van der Waals surface area contributed by atoms with Crippen LogP contribution >= 0.6 is 0 Å². The van der Waals surface area contributed by atoms with Crippen LogP contribution in [0.2, 0.25) is 0 Å². The Morgan fingerprint density at radius 3 is 2.00 bits per heavy atom. The maximum atomic E-state index is 14.1. The fourth-order valence-electron chi connectivity index (χ4n) is 2.49. The molecule has 0 aromatic heterocycles. The molecule has 2 N–H and O–H groups in total. The van der Waals surface area contributed by atoms with Gasteiger partial charge in [0.2, 0.25) is 10.0 Å². The van der Waals surface area contributed by atoms with Gasteiger partial charge in [0.15, 0.2) is 4.90 Å². The first kappa shape index (κ1) is 17.8. The van der Waals surface area contributed by atoms with Gasteiger partial charge in [0.05, 0.1) is 0 Å². The van der Waals surface area contributed by atoms with Gasteiger partial charge < -0.3 is 0 Å². The van der Waals surface area contributed by atoms with Crippen LogP contribution < -0.4 is 5.14 Å². The molecule has 0 unspecified atom stereocenters. The van der Waals surface area contributed by atoms with Crippen molar-refractivity contribution >= 4 is 10.0 Å².